The maximum atomic E-state index is 12.8. The van der Waals surface area contributed by atoms with Gasteiger partial charge in [0.1, 0.15) is 0 Å². The highest BCUT2D eigenvalue weighted by molar-refractivity contribution is 5.79. The van der Waals surface area contributed by atoms with Crippen LogP contribution in [0.4, 0.5) is 0 Å². The molecule has 4 nitrogen and oxygen atoms in total. The highest BCUT2D eigenvalue weighted by Gasteiger charge is 2.33. The van der Waals surface area contributed by atoms with Crippen LogP contribution >= 0.6 is 0 Å². The fourth-order valence-electron chi connectivity index (χ4n) is 3.44. The Morgan fingerprint density at radius 3 is 2.75 bits per heavy atom. The van der Waals surface area contributed by atoms with E-state index < -0.39 is 0 Å². The molecule has 24 heavy (non-hydrogen) atoms. The number of nitrogens with zero attached hydrogens (tertiary/aromatic N) is 2. The summed E-state index contributed by atoms with van der Waals surface area (Å²) in [6, 6.07) is 14.4. The maximum Gasteiger partial charge on any atom is 0.228 e. The lowest BCUT2D eigenvalue weighted by molar-refractivity contribution is -0.138. The standard InChI is InChI=1S/C20H26N2O2/c1-16(14-24-15-17-8-4-3-5-9-17)20(23)22-13-7-11-19(22)18-10-6-12-21(18)2/h3-6,8-10,12,16,19H,7,11,13-15H2,1-2H3/t16-,19+/m1/s1. The minimum atomic E-state index is -0.116. The zero-order valence-electron chi connectivity index (χ0n) is 14.5. The van der Waals surface area contributed by atoms with Crippen molar-refractivity contribution < 1.29 is 9.53 Å². The molecule has 1 aliphatic heterocycles. The Kier molecular flexibility index (Phi) is 5.36. The Labute approximate surface area is 144 Å². The van der Waals surface area contributed by atoms with Crippen molar-refractivity contribution in [3.05, 3.63) is 59.9 Å². The van der Waals surface area contributed by atoms with Crippen molar-refractivity contribution in [2.75, 3.05) is 13.2 Å². The van der Waals surface area contributed by atoms with Crippen LogP contribution in [-0.2, 0) is 23.2 Å². The van der Waals surface area contributed by atoms with Crippen LogP contribution in [0.25, 0.3) is 0 Å². The Morgan fingerprint density at radius 2 is 2.04 bits per heavy atom. The third-order valence-electron chi connectivity index (χ3n) is 4.76. The van der Waals surface area contributed by atoms with Crippen LogP contribution in [0.1, 0.15) is 37.1 Å². The van der Waals surface area contributed by atoms with E-state index >= 15 is 0 Å². The van der Waals surface area contributed by atoms with Crippen LogP contribution < -0.4 is 0 Å². The van der Waals surface area contributed by atoms with Gasteiger partial charge in [0.25, 0.3) is 0 Å². The van der Waals surface area contributed by atoms with E-state index in [1.54, 1.807) is 0 Å². The lowest BCUT2D eigenvalue weighted by Gasteiger charge is -2.28. The number of likely N-dealkylation sites (tertiary alicyclic amines) is 1. The molecule has 0 bridgehead atoms. The molecule has 0 saturated carbocycles. The molecular weight excluding hydrogens is 300 g/mol. The molecule has 2 heterocycles. The molecule has 3 rings (SSSR count). The second-order valence-corrected chi connectivity index (χ2v) is 6.64. The summed E-state index contributed by atoms with van der Waals surface area (Å²) in [6.07, 6.45) is 4.16. The van der Waals surface area contributed by atoms with Gasteiger partial charge in [-0.2, -0.15) is 0 Å². The second kappa shape index (κ2) is 7.67. The average Bonchev–Trinajstić information content (AvgIpc) is 3.23. The third kappa shape index (κ3) is 3.70. The van der Waals surface area contributed by atoms with Gasteiger partial charge >= 0.3 is 0 Å². The van der Waals surface area contributed by atoms with Crippen molar-refractivity contribution in [3.8, 4) is 0 Å². The number of carbonyl (C=O) groups is 1. The molecule has 1 saturated heterocycles. The van der Waals surface area contributed by atoms with Gasteiger partial charge in [-0.15, -0.1) is 0 Å². The number of ether oxygens (including phenoxy) is 1. The van der Waals surface area contributed by atoms with Crippen molar-refractivity contribution in [2.45, 2.75) is 32.4 Å². The van der Waals surface area contributed by atoms with Gasteiger partial charge in [0.15, 0.2) is 0 Å². The normalized spacial score (nSPS) is 18.8. The van der Waals surface area contributed by atoms with E-state index in [0.29, 0.717) is 13.2 Å². The van der Waals surface area contributed by atoms with Crippen molar-refractivity contribution >= 4 is 5.91 Å². The smallest absolute Gasteiger partial charge is 0.228 e. The summed E-state index contributed by atoms with van der Waals surface area (Å²) < 4.78 is 7.88. The summed E-state index contributed by atoms with van der Waals surface area (Å²) in [6.45, 7) is 3.83. The molecule has 1 aromatic carbocycles. The van der Waals surface area contributed by atoms with E-state index in [-0.39, 0.29) is 17.9 Å². The first kappa shape index (κ1) is 16.8. The number of aromatic nitrogens is 1. The Hall–Kier alpha value is -2.07. The fourth-order valence-corrected chi connectivity index (χ4v) is 3.44. The second-order valence-electron chi connectivity index (χ2n) is 6.64. The summed E-state index contributed by atoms with van der Waals surface area (Å²) in [4.78, 5) is 14.9. The van der Waals surface area contributed by atoms with E-state index in [4.69, 9.17) is 4.74 Å². The molecule has 2 aromatic rings. The molecule has 0 aliphatic carbocycles. The minimum Gasteiger partial charge on any atom is -0.376 e. The van der Waals surface area contributed by atoms with E-state index in [2.05, 4.69) is 10.6 Å². The van der Waals surface area contributed by atoms with E-state index in [1.165, 1.54) is 5.69 Å². The van der Waals surface area contributed by atoms with Gasteiger partial charge in [-0.05, 0) is 30.5 Å². The Morgan fingerprint density at radius 1 is 1.25 bits per heavy atom. The molecule has 2 atom stereocenters. The lowest BCUT2D eigenvalue weighted by Crippen LogP contribution is -2.36. The molecule has 1 amide bonds. The van der Waals surface area contributed by atoms with Crippen LogP contribution in [0.15, 0.2) is 48.7 Å². The SMILES string of the molecule is C[C@H](COCc1ccccc1)C(=O)N1CCC[C@H]1c1cccn1C. The van der Waals surface area contributed by atoms with Gasteiger partial charge in [-0.1, -0.05) is 37.3 Å². The predicted molar refractivity (Wildman–Crippen MR) is 94.4 cm³/mol. The van der Waals surface area contributed by atoms with Crippen molar-refractivity contribution in [1.29, 1.82) is 0 Å². The molecule has 128 valence electrons. The van der Waals surface area contributed by atoms with Crippen molar-refractivity contribution in [2.24, 2.45) is 13.0 Å². The predicted octanol–water partition coefficient (Wildman–Crippen LogP) is 3.54. The molecule has 0 N–H and O–H groups in total. The van der Waals surface area contributed by atoms with Gasteiger partial charge in [0.2, 0.25) is 5.91 Å². The average molecular weight is 326 g/mol. The summed E-state index contributed by atoms with van der Waals surface area (Å²) in [7, 11) is 2.04. The molecule has 0 spiro atoms. The van der Waals surface area contributed by atoms with Gasteiger partial charge in [0.05, 0.1) is 25.2 Å². The van der Waals surface area contributed by atoms with Crippen molar-refractivity contribution in [1.82, 2.24) is 9.47 Å². The number of carbonyl (C=O) groups excluding carboxylic acids is 1. The summed E-state index contributed by atoms with van der Waals surface area (Å²) in [5.41, 5.74) is 2.36. The number of benzene rings is 1. The number of rotatable bonds is 6. The third-order valence-corrected chi connectivity index (χ3v) is 4.76. The molecule has 0 radical (unpaired) electrons. The van der Waals surface area contributed by atoms with Gasteiger partial charge in [-0.25, -0.2) is 0 Å². The summed E-state index contributed by atoms with van der Waals surface area (Å²) in [5, 5.41) is 0. The monoisotopic (exact) mass is 326 g/mol. The van der Waals surface area contributed by atoms with Crippen LogP contribution in [-0.4, -0.2) is 28.5 Å². The maximum absolute atomic E-state index is 12.8. The topological polar surface area (TPSA) is 34.5 Å². The zero-order valence-corrected chi connectivity index (χ0v) is 14.5. The Balaban J connectivity index is 1.55. The van der Waals surface area contributed by atoms with Crippen molar-refractivity contribution in [3.63, 3.8) is 0 Å². The fraction of sp³-hybridized carbons (Fsp3) is 0.450. The minimum absolute atomic E-state index is 0.116. The van der Waals surface area contributed by atoms with Gasteiger partial charge < -0.3 is 14.2 Å². The van der Waals surface area contributed by atoms with Gasteiger partial charge in [0, 0.05) is 25.5 Å². The van der Waals surface area contributed by atoms with Crippen LogP contribution in [0, 0.1) is 5.92 Å². The quantitative estimate of drug-likeness (QED) is 0.814. The number of aryl methyl sites for hydroxylation is 1. The highest BCUT2D eigenvalue weighted by atomic mass is 16.5. The first-order valence-corrected chi connectivity index (χ1v) is 8.70. The molecule has 4 heteroatoms. The highest BCUT2D eigenvalue weighted by Crippen LogP contribution is 2.33. The zero-order chi connectivity index (χ0) is 16.9. The van der Waals surface area contributed by atoms with Crippen LogP contribution in [0.5, 0.6) is 0 Å². The molecule has 0 unspecified atom stereocenters. The van der Waals surface area contributed by atoms with Crippen LogP contribution in [0.3, 0.4) is 0 Å². The summed E-state index contributed by atoms with van der Waals surface area (Å²) >= 11 is 0. The molecule has 1 fully saturated rings. The molecule has 1 aromatic heterocycles. The van der Waals surface area contributed by atoms with Gasteiger partial charge in [-0.3, -0.25) is 4.79 Å². The number of hydrogen-bond donors (Lipinski definition) is 0. The molecule has 1 aliphatic rings. The van der Waals surface area contributed by atoms with E-state index in [1.807, 2.05) is 61.5 Å². The summed E-state index contributed by atoms with van der Waals surface area (Å²) in [5.74, 6) is 0.0846. The largest absolute Gasteiger partial charge is 0.376 e. The first-order valence-electron chi connectivity index (χ1n) is 8.70. The number of amides is 1. The lowest BCUT2D eigenvalue weighted by atomic mass is 10.1. The first-order chi connectivity index (χ1) is 11.7. The van der Waals surface area contributed by atoms with Crippen LogP contribution in [0.2, 0.25) is 0 Å². The molecular formula is C20H26N2O2. The Bertz CT molecular complexity index is 665. The van der Waals surface area contributed by atoms with E-state index in [9.17, 15) is 4.79 Å². The van der Waals surface area contributed by atoms with E-state index in [0.717, 1.165) is 24.9 Å². The number of hydrogen-bond acceptors (Lipinski definition) is 2.